The summed E-state index contributed by atoms with van der Waals surface area (Å²) >= 11 is 18.6. The second kappa shape index (κ2) is 6.99. The summed E-state index contributed by atoms with van der Waals surface area (Å²) in [5.41, 5.74) is 5.35. The Morgan fingerprint density at radius 1 is 1.33 bits per heavy atom. The highest BCUT2D eigenvalue weighted by Gasteiger charge is 2.20. The van der Waals surface area contributed by atoms with Gasteiger partial charge in [0.25, 0.3) is 0 Å². The summed E-state index contributed by atoms with van der Waals surface area (Å²) in [6.07, 6.45) is 0.573. The molecule has 0 aliphatic carbocycles. The average molecular weight is 348 g/mol. The number of nitrogens with one attached hydrogen (secondary N) is 1. The van der Waals surface area contributed by atoms with Gasteiger partial charge in [-0.05, 0) is 37.6 Å². The first-order chi connectivity index (χ1) is 9.97. The number of rotatable bonds is 5. The highest BCUT2D eigenvalue weighted by molar-refractivity contribution is 6.33. The molecule has 21 heavy (non-hydrogen) atoms. The van der Waals surface area contributed by atoms with E-state index in [1.54, 1.807) is 12.1 Å². The number of nitrogens with zero attached hydrogens (tertiary/aromatic N) is 2. The molecule has 0 bridgehead atoms. The van der Waals surface area contributed by atoms with Crippen molar-refractivity contribution in [3.63, 3.8) is 0 Å². The maximum absolute atomic E-state index is 6.34. The largest absolute Gasteiger partial charge is 0.271 e. The first-order valence-electron chi connectivity index (χ1n) is 6.60. The van der Waals surface area contributed by atoms with Crippen LogP contribution in [0.4, 0.5) is 0 Å². The number of nitrogens with two attached hydrogens (primary N) is 1. The van der Waals surface area contributed by atoms with E-state index < -0.39 is 0 Å². The molecule has 1 aromatic carbocycles. The Labute approximate surface area is 139 Å². The van der Waals surface area contributed by atoms with E-state index in [1.807, 2.05) is 24.6 Å². The number of aryl methyl sites for hydroxylation is 2. The highest BCUT2D eigenvalue weighted by Crippen LogP contribution is 2.30. The molecule has 3 N–H and O–H groups in total. The van der Waals surface area contributed by atoms with E-state index >= 15 is 0 Å². The summed E-state index contributed by atoms with van der Waals surface area (Å²) in [6, 6.07) is 5.11. The topological polar surface area (TPSA) is 55.9 Å². The van der Waals surface area contributed by atoms with Crippen LogP contribution >= 0.6 is 34.8 Å². The fraction of sp³-hybridized carbons (Fsp3) is 0.357. The first-order valence-corrected chi connectivity index (χ1v) is 7.74. The van der Waals surface area contributed by atoms with E-state index in [4.69, 9.17) is 40.6 Å². The fourth-order valence-corrected chi connectivity index (χ4v) is 2.94. The molecule has 0 fully saturated rings. The van der Waals surface area contributed by atoms with Crippen LogP contribution in [0.5, 0.6) is 0 Å². The van der Waals surface area contributed by atoms with Gasteiger partial charge in [0.1, 0.15) is 0 Å². The van der Waals surface area contributed by atoms with E-state index in [2.05, 4.69) is 10.5 Å². The molecular formula is C14H17Cl3N4. The molecule has 0 aliphatic heterocycles. The van der Waals surface area contributed by atoms with E-state index in [0.29, 0.717) is 21.5 Å². The second-order valence-electron chi connectivity index (χ2n) is 4.75. The normalized spacial score (nSPS) is 12.7. The van der Waals surface area contributed by atoms with Crippen LogP contribution in [0.1, 0.15) is 29.9 Å². The SMILES string of the molecule is CCn1nc(C)c(Cl)c1CC(NN)c1cc(Cl)ccc1Cl. The number of hydrogen-bond acceptors (Lipinski definition) is 3. The third kappa shape index (κ3) is 3.52. The molecule has 0 amide bonds. The average Bonchev–Trinajstić information content (AvgIpc) is 2.74. The molecule has 114 valence electrons. The zero-order valence-corrected chi connectivity index (χ0v) is 14.1. The van der Waals surface area contributed by atoms with Gasteiger partial charge in [-0.3, -0.25) is 16.0 Å². The number of benzene rings is 1. The third-order valence-corrected chi connectivity index (χ3v) is 4.46. The molecular weight excluding hydrogens is 331 g/mol. The summed E-state index contributed by atoms with van der Waals surface area (Å²) in [5, 5.41) is 6.29. The van der Waals surface area contributed by atoms with Crippen LogP contribution in [0.25, 0.3) is 0 Å². The monoisotopic (exact) mass is 346 g/mol. The van der Waals surface area contributed by atoms with E-state index in [0.717, 1.165) is 23.5 Å². The van der Waals surface area contributed by atoms with Crippen LogP contribution in [0, 0.1) is 6.92 Å². The lowest BCUT2D eigenvalue weighted by molar-refractivity contribution is 0.517. The molecule has 7 heteroatoms. The van der Waals surface area contributed by atoms with Crippen LogP contribution in [-0.4, -0.2) is 9.78 Å². The molecule has 0 saturated heterocycles. The molecule has 2 rings (SSSR count). The quantitative estimate of drug-likeness (QED) is 0.636. The van der Waals surface area contributed by atoms with Gasteiger partial charge in [-0.25, -0.2) is 0 Å². The lowest BCUT2D eigenvalue weighted by Gasteiger charge is -2.19. The Morgan fingerprint density at radius 2 is 2.05 bits per heavy atom. The van der Waals surface area contributed by atoms with Gasteiger partial charge in [0.15, 0.2) is 0 Å². The van der Waals surface area contributed by atoms with Crippen molar-refractivity contribution in [2.75, 3.05) is 0 Å². The minimum Gasteiger partial charge on any atom is -0.271 e. The summed E-state index contributed by atoms with van der Waals surface area (Å²) < 4.78 is 1.88. The molecule has 1 atom stereocenters. The molecule has 1 heterocycles. The zero-order chi connectivity index (χ0) is 15.6. The Balaban J connectivity index is 2.38. The molecule has 4 nitrogen and oxygen atoms in total. The van der Waals surface area contributed by atoms with Gasteiger partial charge in [0.2, 0.25) is 0 Å². The number of hydrazine groups is 1. The summed E-state index contributed by atoms with van der Waals surface area (Å²) in [4.78, 5) is 0. The predicted octanol–water partition coefficient (Wildman–Crippen LogP) is 3.92. The minimum atomic E-state index is -0.199. The highest BCUT2D eigenvalue weighted by atomic mass is 35.5. The predicted molar refractivity (Wildman–Crippen MR) is 87.9 cm³/mol. The van der Waals surface area contributed by atoms with Crippen LogP contribution in [0.2, 0.25) is 15.1 Å². The summed E-state index contributed by atoms with van der Waals surface area (Å²) in [7, 11) is 0. The van der Waals surface area contributed by atoms with Gasteiger partial charge in [-0.2, -0.15) is 5.10 Å². The van der Waals surface area contributed by atoms with Gasteiger partial charge < -0.3 is 0 Å². The summed E-state index contributed by atoms with van der Waals surface area (Å²) in [6.45, 7) is 4.64. The van der Waals surface area contributed by atoms with Crippen molar-refractivity contribution in [3.8, 4) is 0 Å². The van der Waals surface area contributed by atoms with Gasteiger partial charge in [-0.15, -0.1) is 0 Å². The molecule has 1 aromatic heterocycles. The van der Waals surface area contributed by atoms with E-state index in [1.165, 1.54) is 0 Å². The van der Waals surface area contributed by atoms with Gasteiger partial charge in [0, 0.05) is 23.0 Å². The van der Waals surface area contributed by atoms with Crippen molar-refractivity contribution in [2.24, 2.45) is 5.84 Å². The fourth-order valence-electron chi connectivity index (χ4n) is 2.30. The third-order valence-electron chi connectivity index (χ3n) is 3.38. The van der Waals surface area contributed by atoms with Crippen LogP contribution < -0.4 is 11.3 Å². The molecule has 0 saturated carbocycles. The maximum atomic E-state index is 6.34. The van der Waals surface area contributed by atoms with Crippen molar-refractivity contribution in [1.29, 1.82) is 0 Å². The summed E-state index contributed by atoms with van der Waals surface area (Å²) in [5.74, 6) is 5.70. The van der Waals surface area contributed by atoms with Crippen molar-refractivity contribution in [3.05, 3.63) is 50.2 Å². The van der Waals surface area contributed by atoms with Crippen LogP contribution in [0.3, 0.4) is 0 Å². The smallest absolute Gasteiger partial charge is 0.0847 e. The van der Waals surface area contributed by atoms with E-state index in [-0.39, 0.29) is 6.04 Å². The Bertz CT molecular complexity index is 639. The first kappa shape index (κ1) is 16.6. The lowest BCUT2D eigenvalue weighted by Crippen LogP contribution is -2.30. The molecule has 2 aromatic rings. The van der Waals surface area contributed by atoms with Crippen molar-refractivity contribution in [1.82, 2.24) is 15.2 Å². The maximum Gasteiger partial charge on any atom is 0.0847 e. The Kier molecular flexibility index (Phi) is 5.52. The molecule has 1 unspecified atom stereocenters. The Hall–Kier alpha value is -0.780. The molecule has 0 aliphatic rings. The second-order valence-corrected chi connectivity index (χ2v) is 5.97. The molecule has 0 spiro atoms. The van der Waals surface area contributed by atoms with E-state index in [9.17, 15) is 0 Å². The molecule has 0 radical (unpaired) electrons. The van der Waals surface area contributed by atoms with Gasteiger partial charge in [-0.1, -0.05) is 34.8 Å². The number of halogens is 3. The standard InChI is InChI=1S/C14H17Cl3N4/c1-3-21-13(14(17)8(2)20-21)7-12(19-18)10-6-9(15)4-5-11(10)16/h4-6,12,19H,3,7,18H2,1-2H3. The van der Waals surface area contributed by atoms with Crippen LogP contribution in [0.15, 0.2) is 18.2 Å². The lowest BCUT2D eigenvalue weighted by atomic mass is 10.0. The van der Waals surface area contributed by atoms with Crippen molar-refractivity contribution in [2.45, 2.75) is 32.9 Å². The minimum absolute atomic E-state index is 0.199. The van der Waals surface area contributed by atoms with Crippen molar-refractivity contribution >= 4 is 34.8 Å². The van der Waals surface area contributed by atoms with Crippen molar-refractivity contribution < 1.29 is 0 Å². The van der Waals surface area contributed by atoms with Gasteiger partial charge >= 0.3 is 0 Å². The van der Waals surface area contributed by atoms with Crippen LogP contribution in [-0.2, 0) is 13.0 Å². The Morgan fingerprint density at radius 3 is 2.67 bits per heavy atom. The number of aromatic nitrogens is 2. The number of hydrogen-bond donors (Lipinski definition) is 2. The zero-order valence-electron chi connectivity index (χ0n) is 11.8. The van der Waals surface area contributed by atoms with Gasteiger partial charge in [0.05, 0.1) is 22.5 Å².